The third-order valence-electron chi connectivity index (χ3n) is 6.39. The highest BCUT2D eigenvalue weighted by atomic mass is 35.5. The van der Waals surface area contributed by atoms with E-state index in [-0.39, 0.29) is 17.5 Å². The van der Waals surface area contributed by atoms with Crippen molar-refractivity contribution in [3.05, 3.63) is 136 Å². The summed E-state index contributed by atoms with van der Waals surface area (Å²) in [7, 11) is 0. The normalized spacial score (nSPS) is 11.8. The Morgan fingerprint density at radius 3 is 2.34 bits per heavy atom. The van der Waals surface area contributed by atoms with Gasteiger partial charge in [-0.15, -0.1) is 22.0 Å². The zero-order valence-corrected chi connectivity index (χ0v) is 24.7. The number of thioether (sulfide) groups is 2. The lowest BCUT2D eigenvalue weighted by molar-refractivity contribution is -0.119. The van der Waals surface area contributed by atoms with Gasteiger partial charge in [-0.25, -0.2) is 4.39 Å². The van der Waals surface area contributed by atoms with Crippen LogP contribution in [0, 0.1) is 12.7 Å². The molecule has 1 atom stereocenters. The first-order valence-electron chi connectivity index (χ1n) is 13.1. The van der Waals surface area contributed by atoms with Crippen LogP contribution in [0.4, 0.5) is 4.39 Å². The van der Waals surface area contributed by atoms with E-state index < -0.39 is 6.04 Å². The lowest BCUT2D eigenvalue weighted by Gasteiger charge is -2.21. The summed E-state index contributed by atoms with van der Waals surface area (Å²) in [4.78, 5) is 14.3. The monoisotopic (exact) mass is 602 g/mol. The van der Waals surface area contributed by atoms with Gasteiger partial charge in [0.05, 0.1) is 17.5 Å². The predicted octanol–water partition coefficient (Wildman–Crippen LogP) is 7.85. The van der Waals surface area contributed by atoms with Crippen LogP contribution in [-0.2, 0) is 17.0 Å². The molecule has 1 amide bonds. The highest BCUT2D eigenvalue weighted by molar-refractivity contribution is 8.00. The van der Waals surface area contributed by atoms with Crippen molar-refractivity contribution in [3.8, 4) is 5.69 Å². The number of aryl methyl sites for hydroxylation is 1. The van der Waals surface area contributed by atoms with Crippen molar-refractivity contribution in [2.45, 2.75) is 35.2 Å². The Morgan fingerprint density at radius 2 is 1.61 bits per heavy atom. The minimum Gasteiger partial charge on any atom is -0.345 e. The number of hydrogen-bond acceptors (Lipinski definition) is 5. The molecule has 5 aromatic rings. The number of carbonyl (C=O) groups is 1. The van der Waals surface area contributed by atoms with E-state index >= 15 is 0 Å². The van der Waals surface area contributed by atoms with Gasteiger partial charge in [-0.2, -0.15) is 0 Å². The van der Waals surface area contributed by atoms with Crippen molar-refractivity contribution >= 4 is 41.0 Å². The Hall–Kier alpha value is -3.59. The largest absolute Gasteiger partial charge is 0.345 e. The summed E-state index contributed by atoms with van der Waals surface area (Å²) in [5.74, 6) is 1.08. The van der Waals surface area contributed by atoms with Gasteiger partial charge in [0.15, 0.2) is 11.0 Å². The van der Waals surface area contributed by atoms with E-state index in [1.165, 1.54) is 35.7 Å². The molecule has 4 aromatic carbocycles. The standard InChI is InChI=1S/C32H28ClFN4OS2/c1-22-12-15-25(33)19-29(22)38-31(36-37-32(38)41-20-24-13-16-26(34)17-14-24)28(18-23-8-4-2-5-9-23)35-30(39)21-40-27-10-6-3-7-11-27/h2-17,19,28H,18,20-21H2,1H3,(H,35,39). The average molecular weight is 603 g/mol. The van der Waals surface area contributed by atoms with Crippen LogP contribution in [-0.4, -0.2) is 26.4 Å². The Morgan fingerprint density at radius 1 is 0.902 bits per heavy atom. The summed E-state index contributed by atoms with van der Waals surface area (Å²) in [5.41, 5.74) is 3.85. The number of hydrogen-bond donors (Lipinski definition) is 1. The molecule has 5 nitrogen and oxygen atoms in total. The number of nitrogens with zero attached hydrogens (tertiary/aromatic N) is 3. The molecule has 208 valence electrons. The molecule has 1 heterocycles. The molecule has 0 bridgehead atoms. The SMILES string of the molecule is Cc1ccc(Cl)cc1-n1c(SCc2ccc(F)cc2)nnc1C(Cc1ccccc1)NC(=O)CSc1ccccc1. The number of halogens is 2. The maximum atomic E-state index is 13.5. The second-order valence-electron chi connectivity index (χ2n) is 9.43. The minimum atomic E-state index is -0.452. The van der Waals surface area contributed by atoms with E-state index in [4.69, 9.17) is 11.6 Å². The van der Waals surface area contributed by atoms with Gasteiger partial charge in [0, 0.05) is 15.7 Å². The fourth-order valence-electron chi connectivity index (χ4n) is 4.34. The van der Waals surface area contributed by atoms with Crippen LogP contribution in [0.3, 0.4) is 0 Å². The Kier molecular flexibility index (Phi) is 9.77. The quantitative estimate of drug-likeness (QED) is 0.156. The van der Waals surface area contributed by atoms with E-state index in [1.54, 1.807) is 12.1 Å². The molecule has 0 saturated heterocycles. The van der Waals surface area contributed by atoms with E-state index in [2.05, 4.69) is 15.5 Å². The maximum absolute atomic E-state index is 13.5. The van der Waals surface area contributed by atoms with Gasteiger partial charge in [-0.3, -0.25) is 9.36 Å². The Bertz CT molecular complexity index is 1600. The highest BCUT2D eigenvalue weighted by Crippen LogP contribution is 2.32. The Balaban J connectivity index is 1.49. The molecular formula is C32H28ClFN4OS2. The van der Waals surface area contributed by atoms with Gasteiger partial charge in [0.2, 0.25) is 5.91 Å². The van der Waals surface area contributed by atoms with Crippen molar-refractivity contribution in [2.24, 2.45) is 0 Å². The van der Waals surface area contributed by atoms with Crippen molar-refractivity contribution in [2.75, 3.05) is 5.75 Å². The van der Waals surface area contributed by atoms with E-state index in [0.717, 1.165) is 27.3 Å². The highest BCUT2D eigenvalue weighted by Gasteiger charge is 2.26. The van der Waals surface area contributed by atoms with Crippen LogP contribution in [0.2, 0.25) is 5.02 Å². The summed E-state index contributed by atoms with van der Waals surface area (Å²) in [6.45, 7) is 2.01. The molecule has 0 aliphatic rings. The molecule has 41 heavy (non-hydrogen) atoms. The van der Waals surface area contributed by atoms with E-state index in [9.17, 15) is 9.18 Å². The van der Waals surface area contributed by atoms with Crippen LogP contribution >= 0.6 is 35.1 Å². The molecule has 1 unspecified atom stereocenters. The van der Waals surface area contributed by atoms with Crippen LogP contribution < -0.4 is 5.32 Å². The fourth-order valence-corrected chi connectivity index (χ4v) is 6.14. The van der Waals surface area contributed by atoms with Gasteiger partial charge >= 0.3 is 0 Å². The number of carbonyl (C=O) groups excluding carboxylic acids is 1. The molecule has 0 saturated carbocycles. The zero-order valence-electron chi connectivity index (χ0n) is 22.3. The van der Waals surface area contributed by atoms with Crippen LogP contribution in [0.1, 0.15) is 28.6 Å². The number of amides is 1. The molecule has 0 fully saturated rings. The summed E-state index contributed by atoms with van der Waals surface area (Å²) in [5, 5.41) is 13.6. The van der Waals surface area contributed by atoms with Gasteiger partial charge in [-0.1, -0.05) is 90.1 Å². The second kappa shape index (κ2) is 13.9. The lowest BCUT2D eigenvalue weighted by Crippen LogP contribution is -2.33. The first-order valence-corrected chi connectivity index (χ1v) is 15.4. The van der Waals surface area contributed by atoms with Gasteiger partial charge < -0.3 is 5.32 Å². The number of rotatable bonds is 11. The van der Waals surface area contributed by atoms with Crippen molar-refractivity contribution in [1.82, 2.24) is 20.1 Å². The topological polar surface area (TPSA) is 59.8 Å². The van der Waals surface area contributed by atoms with Gasteiger partial charge in [-0.05, 0) is 66.4 Å². The molecule has 1 N–H and O–H groups in total. The fraction of sp³-hybridized carbons (Fsp3) is 0.156. The van der Waals surface area contributed by atoms with Crippen molar-refractivity contribution < 1.29 is 9.18 Å². The van der Waals surface area contributed by atoms with Crippen LogP contribution in [0.25, 0.3) is 5.69 Å². The summed E-state index contributed by atoms with van der Waals surface area (Å²) < 4.78 is 15.4. The first kappa shape index (κ1) is 28.9. The van der Waals surface area contributed by atoms with Gasteiger partial charge in [0.25, 0.3) is 0 Å². The number of nitrogens with one attached hydrogen (secondary N) is 1. The van der Waals surface area contributed by atoms with Gasteiger partial charge in [0.1, 0.15) is 5.82 Å². The smallest absolute Gasteiger partial charge is 0.230 e. The molecule has 0 aliphatic heterocycles. The van der Waals surface area contributed by atoms with Crippen LogP contribution in [0.15, 0.2) is 113 Å². The molecule has 0 aliphatic carbocycles. The number of aromatic nitrogens is 3. The molecule has 5 rings (SSSR count). The molecular weight excluding hydrogens is 575 g/mol. The molecule has 0 spiro atoms. The predicted molar refractivity (Wildman–Crippen MR) is 165 cm³/mol. The lowest BCUT2D eigenvalue weighted by atomic mass is 10.0. The van der Waals surface area contributed by atoms with Crippen molar-refractivity contribution in [3.63, 3.8) is 0 Å². The summed E-state index contributed by atoms with van der Waals surface area (Å²) in [6.07, 6.45) is 0.531. The Labute approximate surface area is 252 Å². The summed E-state index contributed by atoms with van der Waals surface area (Å²) in [6, 6.07) is 31.5. The second-order valence-corrected chi connectivity index (χ2v) is 11.9. The molecule has 9 heteroatoms. The van der Waals surface area contributed by atoms with E-state index in [1.807, 2.05) is 90.4 Å². The van der Waals surface area contributed by atoms with Crippen LogP contribution in [0.5, 0.6) is 0 Å². The first-order chi connectivity index (χ1) is 20.0. The number of benzene rings is 4. The third-order valence-corrected chi connectivity index (χ3v) is 8.64. The minimum absolute atomic E-state index is 0.0994. The summed E-state index contributed by atoms with van der Waals surface area (Å²) >= 11 is 9.43. The average Bonchev–Trinajstić information content (AvgIpc) is 3.41. The van der Waals surface area contributed by atoms with E-state index in [0.29, 0.717) is 28.2 Å². The zero-order chi connectivity index (χ0) is 28.6. The molecule has 1 aromatic heterocycles. The molecule has 0 radical (unpaired) electrons. The third kappa shape index (κ3) is 7.79. The maximum Gasteiger partial charge on any atom is 0.230 e. The van der Waals surface area contributed by atoms with Crippen molar-refractivity contribution in [1.29, 1.82) is 0 Å².